The second-order valence-electron chi connectivity index (χ2n) is 5.03. The van der Waals surface area contributed by atoms with Crippen molar-refractivity contribution >= 4 is 34.5 Å². The first-order chi connectivity index (χ1) is 7.92. The van der Waals surface area contributed by atoms with Gasteiger partial charge in [-0.15, -0.1) is 12.6 Å². The van der Waals surface area contributed by atoms with Crippen LogP contribution in [0.15, 0.2) is 27.6 Å². The highest BCUT2D eigenvalue weighted by Crippen LogP contribution is 2.31. The Hall–Kier alpha value is -0.480. The SMILES string of the molecule is CC1(C)CCCN1C(=O)c1ccc(Br)cc1S. The molecule has 0 saturated carbocycles. The number of halogens is 1. The fraction of sp³-hybridized carbons (Fsp3) is 0.462. The molecule has 1 aromatic carbocycles. The number of hydrogen-bond acceptors (Lipinski definition) is 2. The standard InChI is InChI=1S/C13H16BrNOS/c1-13(2)6-3-7-15(13)12(16)10-5-4-9(14)8-11(10)17/h4-5,8,17H,3,6-7H2,1-2H3. The Labute approximate surface area is 116 Å². The third kappa shape index (κ3) is 2.52. The van der Waals surface area contributed by atoms with E-state index in [0.29, 0.717) is 5.56 Å². The lowest BCUT2D eigenvalue weighted by Gasteiger charge is -2.32. The molecule has 1 aromatic rings. The summed E-state index contributed by atoms with van der Waals surface area (Å²) in [4.78, 5) is 15.1. The zero-order valence-corrected chi connectivity index (χ0v) is 12.5. The van der Waals surface area contributed by atoms with Crippen molar-refractivity contribution < 1.29 is 4.79 Å². The van der Waals surface area contributed by atoms with Gasteiger partial charge >= 0.3 is 0 Å². The van der Waals surface area contributed by atoms with Crippen LogP contribution in [0.3, 0.4) is 0 Å². The molecule has 2 nitrogen and oxygen atoms in total. The van der Waals surface area contributed by atoms with Gasteiger partial charge < -0.3 is 4.90 Å². The van der Waals surface area contributed by atoms with Gasteiger partial charge in [0.1, 0.15) is 0 Å². The second kappa shape index (κ2) is 4.65. The zero-order valence-electron chi connectivity index (χ0n) is 10.0. The van der Waals surface area contributed by atoms with E-state index in [4.69, 9.17) is 0 Å². The van der Waals surface area contributed by atoms with E-state index >= 15 is 0 Å². The number of hydrogen-bond donors (Lipinski definition) is 1. The Bertz CT molecular complexity index is 459. The van der Waals surface area contributed by atoms with Gasteiger partial charge in [-0.1, -0.05) is 15.9 Å². The van der Waals surface area contributed by atoms with Crippen molar-refractivity contribution in [1.29, 1.82) is 0 Å². The smallest absolute Gasteiger partial charge is 0.255 e. The maximum atomic E-state index is 12.5. The topological polar surface area (TPSA) is 20.3 Å². The predicted octanol–water partition coefficient (Wildman–Crippen LogP) is 3.75. The molecule has 0 aliphatic carbocycles. The van der Waals surface area contributed by atoms with E-state index in [1.165, 1.54) is 0 Å². The van der Waals surface area contributed by atoms with Crippen LogP contribution in [0.2, 0.25) is 0 Å². The average molecular weight is 314 g/mol. The average Bonchev–Trinajstić information content (AvgIpc) is 2.57. The summed E-state index contributed by atoms with van der Waals surface area (Å²) in [5.74, 6) is 0.0880. The van der Waals surface area contributed by atoms with Gasteiger partial charge in [-0.05, 0) is 44.9 Å². The molecule has 1 saturated heterocycles. The summed E-state index contributed by atoms with van der Waals surface area (Å²) in [6, 6.07) is 5.58. The molecule has 0 unspecified atom stereocenters. The van der Waals surface area contributed by atoms with Crippen molar-refractivity contribution in [3.63, 3.8) is 0 Å². The first-order valence-electron chi connectivity index (χ1n) is 5.72. The Balaban J connectivity index is 2.31. The van der Waals surface area contributed by atoms with Crippen LogP contribution in [0.1, 0.15) is 37.0 Å². The molecule has 0 radical (unpaired) electrons. The summed E-state index contributed by atoms with van der Waals surface area (Å²) < 4.78 is 0.944. The molecule has 4 heteroatoms. The molecule has 0 bridgehead atoms. The van der Waals surface area contributed by atoms with Crippen LogP contribution in [-0.4, -0.2) is 22.9 Å². The molecule has 17 heavy (non-hydrogen) atoms. The molecule has 1 aliphatic heterocycles. The van der Waals surface area contributed by atoms with E-state index in [1.54, 1.807) is 0 Å². The van der Waals surface area contributed by atoms with Gasteiger partial charge in [0.05, 0.1) is 5.56 Å². The maximum absolute atomic E-state index is 12.5. The number of thiol groups is 1. The van der Waals surface area contributed by atoms with Crippen LogP contribution in [0.25, 0.3) is 0 Å². The minimum Gasteiger partial charge on any atom is -0.333 e. The fourth-order valence-corrected chi connectivity index (χ4v) is 3.16. The van der Waals surface area contributed by atoms with E-state index in [0.717, 1.165) is 28.8 Å². The number of nitrogens with zero attached hydrogens (tertiary/aromatic N) is 1. The summed E-state index contributed by atoms with van der Waals surface area (Å²) in [7, 11) is 0. The van der Waals surface area contributed by atoms with E-state index in [9.17, 15) is 4.79 Å². The second-order valence-corrected chi connectivity index (χ2v) is 6.43. The molecular formula is C13H16BrNOS. The third-order valence-corrected chi connectivity index (χ3v) is 4.20. The maximum Gasteiger partial charge on any atom is 0.255 e. The summed E-state index contributed by atoms with van der Waals surface area (Å²) in [6.45, 7) is 5.08. The molecule has 0 atom stereocenters. The lowest BCUT2D eigenvalue weighted by atomic mass is 10.0. The Morgan fingerprint density at radius 1 is 1.47 bits per heavy atom. The summed E-state index contributed by atoms with van der Waals surface area (Å²) in [6.07, 6.45) is 2.15. The van der Waals surface area contributed by atoms with Crippen molar-refractivity contribution in [3.05, 3.63) is 28.2 Å². The van der Waals surface area contributed by atoms with Gasteiger partial charge in [-0.2, -0.15) is 0 Å². The Kier molecular flexibility index (Phi) is 3.55. The van der Waals surface area contributed by atoms with Gasteiger partial charge in [0.2, 0.25) is 0 Å². The van der Waals surface area contributed by atoms with E-state index < -0.39 is 0 Å². The van der Waals surface area contributed by atoms with Crippen LogP contribution >= 0.6 is 28.6 Å². The predicted molar refractivity (Wildman–Crippen MR) is 75.7 cm³/mol. The largest absolute Gasteiger partial charge is 0.333 e. The highest BCUT2D eigenvalue weighted by Gasteiger charge is 2.36. The first-order valence-corrected chi connectivity index (χ1v) is 6.96. The Morgan fingerprint density at radius 2 is 2.18 bits per heavy atom. The van der Waals surface area contributed by atoms with Crippen LogP contribution < -0.4 is 0 Å². The van der Waals surface area contributed by atoms with Crippen LogP contribution in [0, 0.1) is 0 Å². The summed E-state index contributed by atoms with van der Waals surface area (Å²) in [5.41, 5.74) is 0.649. The Morgan fingerprint density at radius 3 is 2.71 bits per heavy atom. The molecule has 1 amide bonds. The third-order valence-electron chi connectivity index (χ3n) is 3.34. The number of carbonyl (C=O) groups excluding carboxylic acids is 1. The van der Waals surface area contributed by atoms with E-state index in [2.05, 4.69) is 42.4 Å². The van der Waals surface area contributed by atoms with E-state index in [-0.39, 0.29) is 11.4 Å². The molecule has 1 fully saturated rings. The lowest BCUT2D eigenvalue weighted by Crippen LogP contribution is -2.42. The minimum absolute atomic E-state index is 0.0373. The number of rotatable bonds is 1. The highest BCUT2D eigenvalue weighted by molar-refractivity contribution is 9.10. The van der Waals surface area contributed by atoms with Crippen LogP contribution in [0.4, 0.5) is 0 Å². The summed E-state index contributed by atoms with van der Waals surface area (Å²) >= 11 is 7.76. The lowest BCUT2D eigenvalue weighted by molar-refractivity contribution is 0.0648. The molecule has 1 aliphatic rings. The van der Waals surface area contributed by atoms with Crippen molar-refractivity contribution in [2.24, 2.45) is 0 Å². The van der Waals surface area contributed by atoms with Gasteiger partial charge in [-0.25, -0.2) is 0 Å². The molecule has 92 valence electrons. The van der Waals surface area contributed by atoms with Gasteiger partial charge in [0.25, 0.3) is 5.91 Å². The van der Waals surface area contributed by atoms with Crippen molar-refractivity contribution in [3.8, 4) is 0 Å². The monoisotopic (exact) mass is 313 g/mol. The quantitative estimate of drug-likeness (QED) is 0.783. The molecule has 0 aromatic heterocycles. The number of benzene rings is 1. The molecule has 0 spiro atoms. The highest BCUT2D eigenvalue weighted by atomic mass is 79.9. The van der Waals surface area contributed by atoms with E-state index in [1.807, 2.05) is 23.1 Å². The van der Waals surface area contributed by atoms with Gasteiger partial charge in [0.15, 0.2) is 0 Å². The normalized spacial score (nSPS) is 18.5. The molecular weight excluding hydrogens is 298 g/mol. The molecule has 2 rings (SSSR count). The number of carbonyl (C=O) groups is 1. The van der Waals surface area contributed by atoms with Gasteiger partial charge in [-0.3, -0.25) is 4.79 Å². The number of amides is 1. The van der Waals surface area contributed by atoms with Crippen LogP contribution in [0.5, 0.6) is 0 Å². The van der Waals surface area contributed by atoms with Crippen molar-refractivity contribution in [2.75, 3.05) is 6.54 Å². The number of likely N-dealkylation sites (tertiary alicyclic amines) is 1. The van der Waals surface area contributed by atoms with Crippen molar-refractivity contribution in [1.82, 2.24) is 4.90 Å². The molecule has 1 heterocycles. The first kappa shape index (κ1) is 13.0. The minimum atomic E-state index is -0.0373. The van der Waals surface area contributed by atoms with Gasteiger partial charge in [0, 0.05) is 21.5 Å². The van der Waals surface area contributed by atoms with Crippen molar-refractivity contribution in [2.45, 2.75) is 37.1 Å². The molecule has 0 N–H and O–H groups in total. The van der Waals surface area contributed by atoms with Crippen LogP contribution in [-0.2, 0) is 0 Å². The fourth-order valence-electron chi connectivity index (χ4n) is 2.31. The summed E-state index contributed by atoms with van der Waals surface area (Å²) in [5, 5.41) is 0. The zero-order chi connectivity index (χ0) is 12.6.